The van der Waals surface area contributed by atoms with E-state index < -0.39 is 0 Å². The van der Waals surface area contributed by atoms with E-state index in [1.807, 2.05) is 52.5 Å². The zero-order valence-corrected chi connectivity index (χ0v) is 24.8. The second-order valence-corrected chi connectivity index (χ2v) is 7.73. The molecule has 0 bridgehead atoms. The van der Waals surface area contributed by atoms with Gasteiger partial charge in [0.25, 0.3) is 5.91 Å². The highest BCUT2D eigenvalue weighted by atomic mass is 35.5. The molecule has 1 aromatic carbocycles. The maximum atomic E-state index is 12.1. The average molecular weight is 564 g/mol. The topological polar surface area (TPSA) is 61.0 Å². The molecule has 1 amide bonds. The highest BCUT2D eigenvalue weighted by Crippen LogP contribution is 2.17. The summed E-state index contributed by atoms with van der Waals surface area (Å²) in [4.78, 5) is 14.0. The van der Waals surface area contributed by atoms with Gasteiger partial charge in [-0.15, -0.1) is 25.7 Å². The number of nitrogens with zero attached hydrogens (tertiary/aromatic N) is 2. The van der Waals surface area contributed by atoms with Crippen molar-refractivity contribution in [2.75, 3.05) is 18.4 Å². The van der Waals surface area contributed by atoms with Gasteiger partial charge in [-0.3, -0.25) is 9.89 Å². The van der Waals surface area contributed by atoms with Gasteiger partial charge in [0.1, 0.15) is 11.6 Å². The molecule has 0 saturated carbocycles. The lowest BCUT2D eigenvalue weighted by Crippen LogP contribution is -2.29. The van der Waals surface area contributed by atoms with Crippen LogP contribution >= 0.6 is 23.2 Å². The van der Waals surface area contributed by atoms with E-state index in [-0.39, 0.29) is 11.7 Å². The molecule has 0 atom stereocenters. The molecule has 8 heteroatoms. The summed E-state index contributed by atoms with van der Waals surface area (Å²) in [5.74, 6) is 0.755. The van der Waals surface area contributed by atoms with Gasteiger partial charge >= 0.3 is 0 Å². The summed E-state index contributed by atoms with van der Waals surface area (Å²) >= 11 is 11.2. The normalized spacial score (nSPS) is 12.5. The first kappa shape index (κ1) is 39.1. The summed E-state index contributed by atoms with van der Waals surface area (Å²) in [6, 6.07) is 9.77. The van der Waals surface area contributed by atoms with E-state index in [0.717, 1.165) is 43.0 Å². The number of amides is 1. The summed E-state index contributed by atoms with van der Waals surface area (Å²) < 4.78 is 11.9. The highest BCUT2D eigenvalue weighted by molar-refractivity contribution is 6.43. The molecule has 1 saturated heterocycles. The van der Waals surface area contributed by atoms with Gasteiger partial charge in [-0.1, -0.05) is 67.4 Å². The zero-order chi connectivity index (χ0) is 29.9. The number of likely N-dealkylation sites (tertiary alicyclic amines) is 1. The first-order chi connectivity index (χ1) is 18.3. The number of hydrogen-bond donors (Lipinski definition) is 2. The molecule has 208 valence electrons. The number of hydrogen-bond acceptors (Lipinski definition) is 3. The number of nitrogens with one attached hydrogen (secondary N) is 2. The quantitative estimate of drug-likeness (QED) is 0.223. The van der Waals surface area contributed by atoms with Gasteiger partial charge in [0.05, 0.1) is 16.3 Å². The number of halogens is 3. The van der Waals surface area contributed by atoms with Crippen molar-refractivity contribution >= 4 is 34.9 Å². The molecule has 0 radical (unpaired) electrons. The third-order valence-corrected chi connectivity index (χ3v) is 5.51. The average Bonchev–Trinajstić information content (AvgIpc) is 3.71. The van der Waals surface area contributed by atoms with Crippen LogP contribution < -0.4 is 5.32 Å². The number of anilines is 1. The molecule has 1 aromatic heterocycles. The third kappa shape index (κ3) is 17.9. The number of benzene rings is 1. The minimum absolute atomic E-state index is 0.131. The predicted octanol–water partition coefficient (Wildman–Crippen LogP) is 8.36. The molecule has 0 spiro atoms. The van der Waals surface area contributed by atoms with Crippen molar-refractivity contribution in [2.45, 2.75) is 54.4 Å². The van der Waals surface area contributed by atoms with E-state index in [2.05, 4.69) is 41.2 Å². The van der Waals surface area contributed by atoms with Gasteiger partial charge in [-0.25, -0.2) is 4.39 Å². The molecule has 3 rings (SSSR count). The van der Waals surface area contributed by atoms with Crippen LogP contribution in [-0.4, -0.2) is 34.1 Å². The van der Waals surface area contributed by atoms with Crippen LogP contribution in [0, 0.1) is 31.5 Å². The summed E-state index contributed by atoms with van der Waals surface area (Å²) in [6.45, 7) is 13.2. The fourth-order valence-electron chi connectivity index (χ4n) is 2.63. The van der Waals surface area contributed by atoms with E-state index in [9.17, 15) is 9.18 Å². The lowest BCUT2D eigenvalue weighted by Gasteiger charge is -2.17. The van der Waals surface area contributed by atoms with Crippen molar-refractivity contribution in [3.8, 4) is 25.7 Å². The van der Waals surface area contributed by atoms with Crippen LogP contribution in [0.5, 0.6) is 0 Å². The maximum Gasteiger partial charge on any atom is 0.251 e. The van der Waals surface area contributed by atoms with Gasteiger partial charge in [0.15, 0.2) is 0 Å². The summed E-state index contributed by atoms with van der Waals surface area (Å²) in [5.41, 5.74) is 1.63. The van der Waals surface area contributed by atoms with Crippen molar-refractivity contribution in [1.82, 2.24) is 15.1 Å². The molecular formula is C30H41Cl2FN4O. The lowest BCUT2D eigenvalue weighted by molar-refractivity contribution is -0.126. The zero-order valence-electron chi connectivity index (χ0n) is 23.3. The number of rotatable bonds is 4. The smallest absolute Gasteiger partial charge is 0.251 e. The second-order valence-electron chi connectivity index (χ2n) is 6.91. The van der Waals surface area contributed by atoms with Crippen molar-refractivity contribution < 1.29 is 9.18 Å². The molecule has 1 fully saturated rings. The number of allylic oxidation sites excluding steroid dienone is 5. The van der Waals surface area contributed by atoms with Crippen molar-refractivity contribution in [3.05, 3.63) is 81.9 Å². The van der Waals surface area contributed by atoms with Crippen LogP contribution in [-0.2, 0) is 4.79 Å². The van der Waals surface area contributed by atoms with Crippen molar-refractivity contribution in [1.29, 1.82) is 0 Å². The Kier molecular flexibility index (Phi) is 27.4. The van der Waals surface area contributed by atoms with Crippen LogP contribution in [0.1, 0.15) is 54.4 Å². The Morgan fingerprint density at radius 3 is 1.79 bits per heavy atom. The lowest BCUT2D eigenvalue weighted by atomic mass is 10.2. The molecule has 2 N–H and O–H groups in total. The minimum atomic E-state index is -0.178. The fraction of sp³-hybridized carbons (Fsp3) is 0.333. The molecule has 1 aliphatic heterocycles. The molecule has 2 heterocycles. The largest absolute Gasteiger partial charge is 0.344 e. The molecule has 1 aliphatic rings. The standard InChI is InChI=1S/C12H18N4O.C6H8Cl2.C6H5F.C2H6.2C2H2/c1-9(12(17)16-7-3-4-8-16)10(2)14-11-5-6-13-15-11;1-3-5(7)6(8)4-2;7-6-4-2-1-3-5-6;3*1-2/h5-6H,3-4,7-8H2,1-2H3,(H2,13,14,15);3-4H,1-2H3;1-5H;1-2H3;2*1-2H/b10-9+;5-3+,6-4+;;;;. The van der Waals surface area contributed by atoms with Crippen LogP contribution in [0.25, 0.3) is 0 Å². The van der Waals surface area contributed by atoms with Gasteiger partial charge in [0.2, 0.25) is 0 Å². The SMILES string of the molecule is C#C.C#C.C/C(Nc1ccn[nH]1)=C(/C)C(=O)N1CCCC1.C/C=C(Cl)\C(Cl)=C/C.CC.Fc1ccccc1. The van der Waals surface area contributed by atoms with Crippen LogP contribution in [0.4, 0.5) is 10.2 Å². The number of aromatic nitrogens is 2. The van der Waals surface area contributed by atoms with Gasteiger partial charge in [-0.2, -0.15) is 5.10 Å². The molecule has 38 heavy (non-hydrogen) atoms. The monoisotopic (exact) mass is 562 g/mol. The van der Waals surface area contributed by atoms with Gasteiger partial charge in [0, 0.05) is 30.4 Å². The van der Waals surface area contributed by atoms with Crippen LogP contribution in [0.2, 0.25) is 0 Å². The summed E-state index contributed by atoms with van der Waals surface area (Å²) in [6.07, 6.45) is 23.4. The Labute approximate surface area is 239 Å². The minimum Gasteiger partial charge on any atom is -0.344 e. The van der Waals surface area contributed by atoms with Crippen LogP contribution in [0.15, 0.2) is 76.1 Å². The van der Waals surface area contributed by atoms with E-state index >= 15 is 0 Å². The van der Waals surface area contributed by atoms with Crippen molar-refractivity contribution in [2.24, 2.45) is 0 Å². The Morgan fingerprint density at radius 1 is 0.974 bits per heavy atom. The number of carbonyl (C=O) groups is 1. The number of H-pyrrole nitrogens is 1. The molecule has 0 unspecified atom stereocenters. The van der Waals surface area contributed by atoms with E-state index in [1.165, 1.54) is 12.1 Å². The molecule has 0 aliphatic carbocycles. The fourth-order valence-corrected chi connectivity index (χ4v) is 2.85. The maximum absolute atomic E-state index is 12.1. The van der Waals surface area contributed by atoms with Crippen molar-refractivity contribution in [3.63, 3.8) is 0 Å². The highest BCUT2D eigenvalue weighted by Gasteiger charge is 2.20. The number of terminal acetylenes is 2. The van der Waals surface area contributed by atoms with Gasteiger partial charge < -0.3 is 10.2 Å². The third-order valence-electron chi connectivity index (χ3n) is 4.57. The summed E-state index contributed by atoms with van der Waals surface area (Å²) in [7, 11) is 0. The number of carbonyl (C=O) groups excluding carboxylic acids is 1. The first-order valence-electron chi connectivity index (χ1n) is 12.0. The molecule has 5 nitrogen and oxygen atoms in total. The molecule has 2 aromatic rings. The second kappa shape index (κ2) is 26.6. The Balaban J connectivity index is -0.000000490. The summed E-state index contributed by atoms with van der Waals surface area (Å²) in [5, 5.41) is 11.0. The van der Waals surface area contributed by atoms with Crippen LogP contribution in [0.3, 0.4) is 0 Å². The van der Waals surface area contributed by atoms with Gasteiger partial charge in [-0.05, 0) is 52.7 Å². The first-order valence-corrected chi connectivity index (χ1v) is 12.8. The predicted molar refractivity (Wildman–Crippen MR) is 163 cm³/mol. The molecular weight excluding hydrogens is 522 g/mol. The van der Waals surface area contributed by atoms with E-state index in [1.54, 1.807) is 36.5 Å². The Hall–Kier alpha value is -3.45. The van der Waals surface area contributed by atoms with E-state index in [0.29, 0.717) is 10.1 Å². The number of aromatic amines is 1. The van der Waals surface area contributed by atoms with E-state index in [4.69, 9.17) is 23.2 Å². The Bertz CT molecular complexity index is 967. The Morgan fingerprint density at radius 2 is 1.45 bits per heavy atom.